The van der Waals surface area contributed by atoms with Crippen LogP contribution in [0.4, 0.5) is 14.5 Å². The van der Waals surface area contributed by atoms with Crippen LogP contribution in [-0.4, -0.2) is 11.2 Å². The van der Waals surface area contributed by atoms with Gasteiger partial charge in [-0.3, -0.25) is 10.1 Å². The first kappa shape index (κ1) is 11.2. The van der Waals surface area contributed by atoms with Crippen LogP contribution in [0.3, 0.4) is 0 Å². The molecule has 16 heavy (non-hydrogen) atoms. The van der Waals surface area contributed by atoms with Gasteiger partial charge in [0.15, 0.2) is 5.75 Å². The van der Waals surface area contributed by atoms with Crippen LogP contribution < -0.4 is 9.47 Å². The number of rotatable bonds is 1. The lowest BCUT2D eigenvalue weighted by Crippen LogP contribution is -2.26. The highest BCUT2D eigenvalue weighted by atomic mass is 35.5. The van der Waals surface area contributed by atoms with Crippen LogP contribution in [0.15, 0.2) is 6.07 Å². The second-order valence-corrected chi connectivity index (χ2v) is 3.56. The standard InChI is InChI=1S/C7HCl2F2NO4/c8-2-1-3-6(16-7(10,11)15-3)5(4(2)9)12(13)14/h1H. The fourth-order valence-corrected chi connectivity index (χ4v) is 1.58. The summed E-state index contributed by atoms with van der Waals surface area (Å²) in [6.07, 6.45) is -3.96. The third kappa shape index (κ3) is 1.61. The summed E-state index contributed by atoms with van der Waals surface area (Å²) in [5, 5.41) is 9.88. The molecular weight excluding hydrogens is 271 g/mol. The molecular formula is C7HCl2F2NO4. The highest BCUT2D eigenvalue weighted by Gasteiger charge is 2.48. The fourth-order valence-electron chi connectivity index (χ4n) is 1.18. The molecule has 0 unspecified atom stereocenters. The molecule has 0 radical (unpaired) electrons. The molecule has 2 rings (SSSR count). The van der Waals surface area contributed by atoms with E-state index in [0.29, 0.717) is 0 Å². The Morgan fingerprint density at radius 2 is 2.00 bits per heavy atom. The Bertz CT molecular complexity index is 494. The zero-order valence-corrected chi connectivity index (χ0v) is 8.68. The summed E-state index contributed by atoms with van der Waals surface area (Å²) >= 11 is 11.0. The maximum atomic E-state index is 12.7. The average molecular weight is 272 g/mol. The van der Waals surface area contributed by atoms with E-state index in [0.717, 1.165) is 6.07 Å². The normalized spacial score (nSPS) is 16.2. The van der Waals surface area contributed by atoms with Crippen molar-refractivity contribution in [2.45, 2.75) is 6.29 Å². The van der Waals surface area contributed by atoms with Gasteiger partial charge in [-0.1, -0.05) is 23.2 Å². The minimum atomic E-state index is -3.96. The highest BCUT2D eigenvalue weighted by Crippen LogP contribution is 2.52. The van der Waals surface area contributed by atoms with E-state index >= 15 is 0 Å². The zero-order valence-electron chi connectivity index (χ0n) is 7.17. The topological polar surface area (TPSA) is 61.6 Å². The molecule has 0 saturated heterocycles. The lowest BCUT2D eigenvalue weighted by atomic mass is 10.3. The Hall–Kier alpha value is -1.34. The van der Waals surface area contributed by atoms with Crippen molar-refractivity contribution in [2.24, 2.45) is 0 Å². The van der Waals surface area contributed by atoms with Crippen molar-refractivity contribution >= 4 is 28.9 Å². The van der Waals surface area contributed by atoms with E-state index in [1.807, 2.05) is 0 Å². The molecule has 1 aromatic carbocycles. The molecule has 0 fully saturated rings. The second kappa shape index (κ2) is 3.33. The SMILES string of the molecule is O=[N+]([O-])c1c(Cl)c(Cl)cc2c1OC(F)(F)O2. The van der Waals surface area contributed by atoms with E-state index in [1.54, 1.807) is 0 Å². The predicted molar refractivity (Wildman–Crippen MR) is 49.3 cm³/mol. The number of nitrogens with zero attached hydrogens (tertiary/aromatic N) is 1. The zero-order chi connectivity index (χ0) is 12.1. The number of hydrogen-bond acceptors (Lipinski definition) is 4. The van der Waals surface area contributed by atoms with Gasteiger partial charge >= 0.3 is 12.0 Å². The molecule has 0 spiro atoms. The molecule has 5 nitrogen and oxygen atoms in total. The number of ether oxygens (including phenoxy) is 2. The molecule has 9 heteroatoms. The lowest BCUT2D eigenvalue weighted by molar-refractivity contribution is -0.387. The van der Waals surface area contributed by atoms with Gasteiger partial charge in [-0.05, 0) is 0 Å². The van der Waals surface area contributed by atoms with Gasteiger partial charge in [0.1, 0.15) is 5.02 Å². The van der Waals surface area contributed by atoms with Crippen molar-refractivity contribution in [3.05, 3.63) is 26.2 Å². The van der Waals surface area contributed by atoms with Crippen LogP contribution in [0.25, 0.3) is 0 Å². The molecule has 0 saturated carbocycles. The van der Waals surface area contributed by atoms with E-state index in [1.165, 1.54) is 0 Å². The molecule has 86 valence electrons. The van der Waals surface area contributed by atoms with Crippen LogP contribution in [0.2, 0.25) is 10.0 Å². The molecule has 1 aliphatic rings. The summed E-state index contributed by atoms with van der Waals surface area (Å²) in [4.78, 5) is 9.65. The van der Waals surface area contributed by atoms with Crippen molar-refractivity contribution in [2.75, 3.05) is 0 Å². The minimum absolute atomic E-state index is 0.270. The predicted octanol–water partition coefficient (Wildman–Crippen LogP) is 3.22. The van der Waals surface area contributed by atoms with Gasteiger partial charge in [0, 0.05) is 6.07 Å². The number of fused-ring (bicyclic) bond motifs is 1. The monoisotopic (exact) mass is 271 g/mol. The van der Waals surface area contributed by atoms with Gasteiger partial charge in [0.2, 0.25) is 0 Å². The van der Waals surface area contributed by atoms with Crippen LogP contribution >= 0.6 is 23.2 Å². The Labute approximate surface area is 96.6 Å². The van der Waals surface area contributed by atoms with Crippen molar-refractivity contribution < 1.29 is 23.2 Å². The maximum absolute atomic E-state index is 12.7. The molecule has 0 amide bonds. The van der Waals surface area contributed by atoms with Gasteiger partial charge in [0.25, 0.3) is 5.75 Å². The summed E-state index contributed by atoms with van der Waals surface area (Å²) in [6, 6.07) is 0.924. The molecule has 0 N–H and O–H groups in total. The van der Waals surface area contributed by atoms with Gasteiger partial charge in [-0.15, -0.1) is 8.78 Å². The van der Waals surface area contributed by atoms with Crippen molar-refractivity contribution in [1.82, 2.24) is 0 Å². The molecule has 1 aliphatic heterocycles. The van der Waals surface area contributed by atoms with E-state index < -0.39 is 33.4 Å². The average Bonchev–Trinajstić information content (AvgIpc) is 2.40. The number of nitro benzene ring substituents is 1. The third-order valence-electron chi connectivity index (χ3n) is 1.75. The first-order valence-electron chi connectivity index (χ1n) is 3.74. The van der Waals surface area contributed by atoms with E-state index in [-0.39, 0.29) is 5.02 Å². The fraction of sp³-hybridized carbons (Fsp3) is 0.143. The van der Waals surface area contributed by atoms with Gasteiger partial charge in [0.05, 0.1) is 9.95 Å². The molecule has 1 aromatic rings. The van der Waals surface area contributed by atoms with E-state index in [9.17, 15) is 18.9 Å². The Kier molecular flexibility index (Phi) is 2.32. The van der Waals surface area contributed by atoms with Crippen molar-refractivity contribution in [3.63, 3.8) is 0 Å². The Morgan fingerprint density at radius 1 is 1.38 bits per heavy atom. The first-order chi connectivity index (χ1) is 7.32. The first-order valence-corrected chi connectivity index (χ1v) is 4.49. The van der Waals surface area contributed by atoms with Crippen LogP contribution in [0, 0.1) is 10.1 Å². The van der Waals surface area contributed by atoms with Crippen LogP contribution in [0.1, 0.15) is 0 Å². The van der Waals surface area contributed by atoms with Gasteiger partial charge in [-0.25, -0.2) is 0 Å². The van der Waals surface area contributed by atoms with Crippen molar-refractivity contribution in [1.29, 1.82) is 0 Å². The number of alkyl halides is 2. The van der Waals surface area contributed by atoms with Crippen LogP contribution in [0.5, 0.6) is 11.5 Å². The lowest BCUT2D eigenvalue weighted by Gasteiger charge is -2.04. The maximum Gasteiger partial charge on any atom is 0.586 e. The minimum Gasteiger partial charge on any atom is -0.395 e. The molecule has 0 aromatic heterocycles. The number of hydrogen-bond donors (Lipinski definition) is 0. The quantitative estimate of drug-likeness (QED) is 0.581. The van der Waals surface area contributed by atoms with E-state index in [4.69, 9.17) is 23.2 Å². The third-order valence-corrected chi connectivity index (χ3v) is 2.52. The van der Waals surface area contributed by atoms with Gasteiger partial charge in [-0.2, -0.15) is 0 Å². The Balaban J connectivity index is 2.68. The summed E-state index contributed by atoms with van der Waals surface area (Å²) in [6.45, 7) is 0. The molecule has 0 atom stereocenters. The van der Waals surface area contributed by atoms with Gasteiger partial charge < -0.3 is 9.47 Å². The number of halogens is 4. The second-order valence-electron chi connectivity index (χ2n) is 2.77. The molecule has 1 heterocycles. The molecule has 0 bridgehead atoms. The van der Waals surface area contributed by atoms with E-state index in [2.05, 4.69) is 9.47 Å². The number of benzene rings is 1. The summed E-state index contributed by atoms with van der Waals surface area (Å²) in [7, 11) is 0. The summed E-state index contributed by atoms with van der Waals surface area (Å²) in [5.74, 6) is -1.25. The summed E-state index contributed by atoms with van der Waals surface area (Å²) < 4.78 is 33.4. The highest BCUT2D eigenvalue weighted by molar-refractivity contribution is 6.43. The summed E-state index contributed by atoms with van der Waals surface area (Å²) in [5.41, 5.74) is -0.846. The largest absolute Gasteiger partial charge is 0.586 e. The Morgan fingerprint density at radius 3 is 2.56 bits per heavy atom. The number of nitro groups is 1. The molecule has 0 aliphatic carbocycles. The van der Waals surface area contributed by atoms with Crippen LogP contribution in [-0.2, 0) is 0 Å². The van der Waals surface area contributed by atoms with Crippen molar-refractivity contribution in [3.8, 4) is 11.5 Å². The smallest absolute Gasteiger partial charge is 0.395 e.